The molecule has 0 fully saturated rings. The maximum atomic E-state index is 5.27. The van der Waals surface area contributed by atoms with Gasteiger partial charge in [0.25, 0.3) is 0 Å². The van der Waals surface area contributed by atoms with Crippen LogP contribution in [0.25, 0.3) is 0 Å². The van der Waals surface area contributed by atoms with Crippen molar-refractivity contribution in [3.63, 3.8) is 0 Å². The van der Waals surface area contributed by atoms with Crippen LogP contribution in [0.3, 0.4) is 0 Å². The SMILES string of the molecule is COC1=CCC(OC)=C(OC)C1OC. The van der Waals surface area contributed by atoms with E-state index in [4.69, 9.17) is 18.9 Å². The van der Waals surface area contributed by atoms with E-state index in [2.05, 4.69) is 0 Å². The highest BCUT2D eigenvalue weighted by molar-refractivity contribution is 5.25. The Kier molecular flexibility index (Phi) is 3.83. The largest absolute Gasteiger partial charge is 0.498 e. The maximum Gasteiger partial charge on any atom is 0.174 e. The summed E-state index contributed by atoms with van der Waals surface area (Å²) >= 11 is 0. The van der Waals surface area contributed by atoms with Crippen molar-refractivity contribution in [3.8, 4) is 0 Å². The van der Waals surface area contributed by atoms with Crippen LogP contribution in [0.5, 0.6) is 0 Å². The van der Waals surface area contributed by atoms with Gasteiger partial charge in [0.1, 0.15) is 11.5 Å². The first-order chi connectivity index (χ1) is 6.78. The molecule has 0 aromatic heterocycles. The molecule has 1 rings (SSSR count). The second-order valence-electron chi connectivity index (χ2n) is 2.83. The van der Waals surface area contributed by atoms with Gasteiger partial charge in [-0.1, -0.05) is 0 Å². The Hall–Kier alpha value is -1.16. The van der Waals surface area contributed by atoms with Crippen LogP contribution in [-0.2, 0) is 18.9 Å². The van der Waals surface area contributed by atoms with Crippen LogP contribution in [0.4, 0.5) is 0 Å². The molecule has 0 saturated carbocycles. The molecule has 0 aliphatic heterocycles. The zero-order valence-corrected chi connectivity index (χ0v) is 8.99. The van der Waals surface area contributed by atoms with Gasteiger partial charge in [0.15, 0.2) is 11.9 Å². The fourth-order valence-corrected chi connectivity index (χ4v) is 1.49. The quantitative estimate of drug-likeness (QED) is 0.688. The van der Waals surface area contributed by atoms with Crippen molar-refractivity contribution in [1.29, 1.82) is 0 Å². The van der Waals surface area contributed by atoms with Gasteiger partial charge >= 0.3 is 0 Å². The summed E-state index contributed by atoms with van der Waals surface area (Å²) < 4.78 is 20.9. The lowest BCUT2D eigenvalue weighted by molar-refractivity contribution is 0.0465. The minimum absolute atomic E-state index is 0.298. The normalized spacial score (nSPS) is 21.7. The van der Waals surface area contributed by atoms with E-state index in [1.54, 1.807) is 28.4 Å². The predicted octanol–water partition coefficient (Wildman–Crippen LogP) is 1.44. The van der Waals surface area contributed by atoms with Crippen molar-refractivity contribution < 1.29 is 18.9 Å². The number of ether oxygens (including phenoxy) is 4. The molecule has 0 aromatic rings. The highest BCUT2D eigenvalue weighted by Crippen LogP contribution is 2.28. The minimum atomic E-state index is -0.298. The first kappa shape index (κ1) is 10.9. The summed E-state index contributed by atoms with van der Waals surface area (Å²) in [7, 11) is 6.43. The van der Waals surface area contributed by atoms with Crippen LogP contribution >= 0.6 is 0 Å². The third-order valence-corrected chi connectivity index (χ3v) is 2.20. The number of allylic oxidation sites excluding steroid dienone is 1. The molecule has 0 spiro atoms. The Balaban J connectivity index is 2.94. The Bertz CT molecular complexity index is 255. The molecular weight excluding hydrogens is 184 g/mol. The number of methoxy groups -OCH3 is 4. The van der Waals surface area contributed by atoms with Gasteiger partial charge in [-0.15, -0.1) is 0 Å². The van der Waals surface area contributed by atoms with Crippen molar-refractivity contribution in [2.75, 3.05) is 28.4 Å². The molecule has 0 bridgehead atoms. The van der Waals surface area contributed by atoms with E-state index in [0.29, 0.717) is 12.2 Å². The van der Waals surface area contributed by atoms with Crippen LogP contribution in [0, 0.1) is 0 Å². The third-order valence-electron chi connectivity index (χ3n) is 2.20. The van der Waals surface area contributed by atoms with Crippen LogP contribution < -0.4 is 0 Å². The third kappa shape index (κ3) is 1.85. The van der Waals surface area contributed by atoms with Gasteiger partial charge in [-0.3, -0.25) is 0 Å². The van der Waals surface area contributed by atoms with E-state index in [1.165, 1.54) is 0 Å². The Morgan fingerprint density at radius 2 is 1.79 bits per heavy atom. The van der Waals surface area contributed by atoms with E-state index in [0.717, 1.165) is 11.5 Å². The van der Waals surface area contributed by atoms with Gasteiger partial charge in [-0.05, 0) is 6.08 Å². The van der Waals surface area contributed by atoms with Crippen LogP contribution in [-0.4, -0.2) is 34.5 Å². The lowest BCUT2D eigenvalue weighted by Gasteiger charge is -2.25. The summed E-state index contributed by atoms with van der Waals surface area (Å²) in [6.45, 7) is 0. The Labute approximate surface area is 84.1 Å². The number of hydrogen-bond donors (Lipinski definition) is 0. The first-order valence-electron chi connectivity index (χ1n) is 4.36. The Morgan fingerprint density at radius 1 is 1.07 bits per heavy atom. The lowest BCUT2D eigenvalue weighted by Crippen LogP contribution is -2.24. The van der Waals surface area contributed by atoms with Crippen molar-refractivity contribution in [2.45, 2.75) is 12.5 Å². The molecule has 0 heterocycles. The van der Waals surface area contributed by atoms with Crippen molar-refractivity contribution in [2.24, 2.45) is 0 Å². The topological polar surface area (TPSA) is 36.9 Å². The summed E-state index contributed by atoms with van der Waals surface area (Å²) in [6.07, 6.45) is 2.30. The fourth-order valence-electron chi connectivity index (χ4n) is 1.49. The zero-order valence-electron chi connectivity index (χ0n) is 8.99. The molecule has 4 nitrogen and oxygen atoms in total. The van der Waals surface area contributed by atoms with Crippen LogP contribution in [0.1, 0.15) is 6.42 Å². The van der Waals surface area contributed by atoms with E-state index in [-0.39, 0.29) is 6.10 Å². The zero-order chi connectivity index (χ0) is 10.6. The van der Waals surface area contributed by atoms with Gasteiger partial charge < -0.3 is 18.9 Å². The van der Waals surface area contributed by atoms with Gasteiger partial charge in [0.05, 0.1) is 21.3 Å². The van der Waals surface area contributed by atoms with Crippen LogP contribution in [0.2, 0.25) is 0 Å². The number of hydrogen-bond acceptors (Lipinski definition) is 4. The van der Waals surface area contributed by atoms with E-state index in [9.17, 15) is 0 Å². The molecule has 0 amide bonds. The molecule has 1 aliphatic rings. The highest BCUT2D eigenvalue weighted by atomic mass is 16.6. The van der Waals surface area contributed by atoms with Crippen molar-refractivity contribution in [3.05, 3.63) is 23.4 Å². The standard InChI is InChI=1S/C10H16O4/c1-11-7-5-6-8(12-2)10(14-4)9(7)13-3/h5,9H,6H2,1-4H3. The molecule has 0 N–H and O–H groups in total. The molecule has 80 valence electrons. The second kappa shape index (κ2) is 4.91. The Morgan fingerprint density at radius 3 is 2.21 bits per heavy atom. The van der Waals surface area contributed by atoms with Crippen molar-refractivity contribution >= 4 is 0 Å². The fraction of sp³-hybridized carbons (Fsp3) is 0.600. The molecule has 0 aromatic carbocycles. The minimum Gasteiger partial charge on any atom is -0.498 e. The van der Waals surface area contributed by atoms with E-state index >= 15 is 0 Å². The molecule has 4 heteroatoms. The van der Waals surface area contributed by atoms with Gasteiger partial charge in [-0.2, -0.15) is 0 Å². The molecule has 1 atom stereocenters. The lowest BCUT2D eigenvalue weighted by atomic mass is 10.1. The summed E-state index contributed by atoms with van der Waals surface area (Å²) in [5.41, 5.74) is 0. The molecule has 1 unspecified atom stereocenters. The summed E-state index contributed by atoms with van der Waals surface area (Å²) in [4.78, 5) is 0. The molecule has 0 saturated heterocycles. The monoisotopic (exact) mass is 200 g/mol. The number of rotatable bonds is 4. The maximum absolute atomic E-state index is 5.27. The predicted molar refractivity (Wildman–Crippen MR) is 51.6 cm³/mol. The second-order valence-corrected chi connectivity index (χ2v) is 2.83. The molecule has 0 radical (unpaired) electrons. The summed E-state index contributed by atoms with van der Waals surface area (Å²) in [6, 6.07) is 0. The summed E-state index contributed by atoms with van der Waals surface area (Å²) in [5, 5.41) is 0. The van der Waals surface area contributed by atoms with E-state index < -0.39 is 0 Å². The van der Waals surface area contributed by atoms with Crippen molar-refractivity contribution in [1.82, 2.24) is 0 Å². The average molecular weight is 200 g/mol. The highest BCUT2D eigenvalue weighted by Gasteiger charge is 2.28. The molecule has 14 heavy (non-hydrogen) atoms. The molecule has 1 aliphatic carbocycles. The smallest absolute Gasteiger partial charge is 0.174 e. The average Bonchev–Trinajstić information content (AvgIpc) is 2.26. The summed E-state index contributed by atoms with van der Waals surface area (Å²) in [5.74, 6) is 2.21. The van der Waals surface area contributed by atoms with Gasteiger partial charge in [0.2, 0.25) is 0 Å². The van der Waals surface area contributed by atoms with Crippen LogP contribution in [0.15, 0.2) is 23.4 Å². The van der Waals surface area contributed by atoms with Gasteiger partial charge in [-0.25, -0.2) is 0 Å². The van der Waals surface area contributed by atoms with E-state index in [1.807, 2.05) is 6.08 Å². The molecular formula is C10H16O4. The first-order valence-corrected chi connectivity index (χ1v) is 4.36. The van der Waals surface area contributed by atoms with Gasteiger partial charge in [0, 0.05) is 13.5 Å².